The number of halogens is 1. The fourth-order valence-electron chi connectivity index (χ4n) is 2.56. The van der Waals surface area contributed by atoms with Gasteiger partial charge in [-0.3, -0.25) is 4.79 Å². The largest absolute Gasteiger partial charge is 0.481 e. The number of aromatic amines is 1. The average molecular weight is 300 g/mol. The summed E-state index contributed by atoms with van der Waals surface area (Å²) >= 11 is 5.92. The number of H-pyrrole nitrogens is 1. The predicted molar refractivity (Wildman–Crippen MR) is 84.8 cm³/mol. The van der Waals surface area contributed by atoms with Crippen LogP contribution in [0.1, 0.15) is 11.1 Å². The molecule has 0 spiro atoms. The summed E-state index contributed by atoms with van der Waals surface area (Å²) in [5.41, 5.74) is 4.64. The smallest absolute Gasteiger partial charge is 0.307 e. The van der Waals surface area contributed by atoms with E-state index in [-0.39, 0.29) is 6.42 Å². The van der Waals surface area contributed by atoms with Gasteiger partial charge in [-0.05, 0) is 42.3 Å². The van der Waals surface area contributed by atoms with E-state index in [2.05, 4.69) is 4.98 Å². The highest BCUT2D eigenvalue weighted by atomic mass is 35.5. The van der Waals surface area contributed by atoms with Crippen molar-refractivity contribution < 1.29 is 9.90 Å². The van der Waals surface area contributed by atoms with Gasteiger partial charge in [-0.1, -0.05) is 35.4 Å². The van der Waals surface area contributed by atoms with Crippen molar-refractivity contribution in [3.05, 3.63) is 58.6 Å². The van der Waals surface area contributed by atoms with E-state index in [1.807, 2.05) is 37.3 Å². The van der Waals surface area contributed by atoms with Gasteiger partial charge in [0.2, 0.25) is 0 Å². The van der Waals surface area contributed by atoms with Crippen LogP contribution in [-0.2, 0) is 11.2 Å². The van der Waals surface area contributed by atoms with E-state index >= 15 is 0 Å². The summed E-state index contributed by atoms with van der Waals surface area (Å²) in [6, 6.07) is 13.4. The minimum atomic E-state index is -0.840. The van der Waals surface area contributed by atoms with Gasteiger partial charge in [-0.25, -0.2) is 0 Å². The molecule has 4 heteroatoms. The Morgan fingerprint density at radius 1 is 1.19 bits per heavy atom. The molecule has 0 amide bonds. The van der Waals surface area contributed by atoms with Crippen LogP contribution in [0, 0.1) is 6.92 Å². The monoisotopic (exact) mass is 299 g/mol. The van der Waals surface area contributed by atoms with Crippen LogP contribution in [0.4, 0.5) is 0 Å². The van der Waals surface area contributed by atoms with E-state index in [1.54, 1.807) is 12.1 Å². The zero-order valence-corrected chi connectivity index (χ0v) is 12.2. The van der Waals surface area contributed by atoms with Crippen LogP contribution in [-0.4, -0.2) is 16.1 Å². The van der Waals surface area contributed by atoms with E-state index in [0.717, 1.165) is 33.3 Å². The van der Waals surface area contributed by atoms with Crippen LogP contribution in [0.15, 0.2) is 42.5 Å². The Labute approximate surface area is 127 Å². The van der Waals surface area contributed by atoms with Gasteiger partial charge in [0.15, 0.2) is 0 Å². The van der Waals surface area contributed by atoms with Crippen LogP contribution in [0.25, 0.3) is 22.2 Å². The molecule has 0 aliphatic heterocycles. The molecular formula is C17H14ClNO2. The lowest BCUT2D eigenvalue weighted by Crippen LogP contribution is -2.00. The Morgan fingerprint density at radius 2 is 1.90 bits per heavy atom. The second kappa shape index (κ2) is 5.26. The first kappa shape index (κ1) is 13.7. The van der Waals surface area contributed by atoms with Crippen molar-refractivity contribution in [2.24, 2.45) is 0 Å². The third-order valence-corrected chi connectivity index (χ3v) is 3.77. The second-order valence-electron chi connectivity index (χ2n) is 5.10. The molecule has 0 unspecified atom stereocenters. The van der Waals surface area contributed by atoms with Crippen molar-refractivity contribution in [2.45, 2.75) is 13.3 Å². The highest BCUT2D eigenvalue weighted by Crippen LogP contribution is 2.32. The fourth-order valence-corrected chi connectivity index (χ4v) is 2.69. The molecule has 0 aliphatic carbocycles. The Kier molecular flexibility index (Phi) is 3.43. The summed E-state index contributed by atoms with van der Waals surface area (Å²) in [5.74, 6) is -0.840. The Hall–Kier alpha value is -2.26. The summed E-state index contributed by atoms with van der Waals surface area (Å²) in [5, 5.41) is 10.8. The van der Waals surface area contributed by atoms with Crippen LogP contribution in [0.3, 0.4) is 0 Å². The minimum absolute atomic E-state index is 0.0125. The predicted octanol–water partition coefficient (Wildman–Crippen LogP) is 4.42. The fraction of sp³-hybridized carbons (Fsp3) is 0.118. The van der Waals surface area contributed by atoms with Crippen LogP contribution >= 0.6 is 11.6 Å². The normalized spacial score (nSPS) is 11.0. The number of aromatic nitrogens is 1. The van der Waals surface area contributed by atoms with Crippen LogP contribution < -0.4 is 0 Å². The Bertz CT molecular complexity index is 819. The molecule has 0 atom stereocenters. The molecule has 0 fully saturated rings. The maximum absolute atomic E-state index is 11.2. The molecular weight excluding hydrogens is 286 g/mol. The number of fused-ring (bicyclic) bond motifs is 1. The zero-order valence-electron chi connectivity index (χ0n) is 11.5. The zero-order chi connectivity index (χ0) is 15.0. The van der Waals surface area contributed by atoms with Gasteiger partial charge in [-0.2, -0.15) is 0 Å². The first-order chi connectivity index (χ1) is 10.0. The molecule has 0 radical (unpaired) electrons. The number of hydrogen-bond acceptors (Lipinski definition) is 1. The number of carboxylic acid groups (broad SMARTS) is 1. The summed E-state index contributed by atoms with van der Waals surface area (Å²) in [4.78, 5) is 14.5. The molecule has 0 aliphatic rings. The molecule has 0 bridgehead atoms. The first-order valence-corrected chi connectivity index (χ1v) is 7.01. The van der Waals surface area contributed by atoms with E-state index in [9.17, 15) is 9.90 Å². The molecule has 1 aromatic heterocycles. The standard InChI is InChI=1S/C17H14ClNO2/c1-10-2-7-15-13(8-10)14(9-16(20)21)17(19-15)11-3-5-12(18)6-4-11/h2-8,19H,9H2,1H3,(H,20,21). The van der Waals surface area contributed by atoms with Gasteiger partial charge in [0.25, 0.3) is 0 Å². The van der Waals surface area contributed by atoms with E-state index in [4.69, 9.17) is 11.6 Å². The molecule has 0 saturated carbocycles. The molecule has 21 heavy (non-hydrogen) atoms. The van der Waals surface area contributed by atoms with Crippen molar-refractivity contribution in [1.82, 2.24) is 4.98 Å². The van der Waals surface area contributed by atoms with Crippen molar-refractivity contribution in [3.63, 3.8) is 0 Å². The number of aliphatic carboxylic acids is 1. The van der Waals surface area contributed by atoms with E-state index < -0.39 is 5.97 Å². The first-order valence-electron chi connectivity index (χ1n) is 6.63. The lowest BCUT2D eigenvalue weighted by molar-refractivity contribution is -0.136. The number of nitrogens with one attached hydrogen (secondary N) is 1. The Balaban J connectivity index is 2.25. The SMILES string of the molecule is Cc1ccc2[nH]c(-c3ccc(Cl)cc3)c(CC(=O)O)c2c1. The van der Waals surface area contributed by atoms with Crippen LogP contribution in [0.2, 0.25) is 5.02 Å². The highest BCUT2D eigenvalue weighted by Gasteiger charge is 2.15. The molecule has 3 aromatic rings. The average Bonchev–Trinajstić information content (AvgIpc) is 2.77. The summed E-state index contributed by atoms with van der Waals surface area (Å²) < 4.78 is 0. The summed E-state index contributed by atoms with van der Waals surface area (Å²) in [6.45, 7) is 2.00. The van der Waals surface area contributed by atoms with Gasteiger partial charge in [0.05, 0.1) is 12.1 Å². The van der Waals surface area contributed by atoms with Gasteiger partial charge in [-0.15, -0.1) is 0 Å². The topological polar surface area (TPSA) is 53.1 Å². The van der Waals surface area contributed by atoms with E-state index in [0.29, 0.717) is 5.02 Å². The molecule has 2 N–H and O–H groups in total. The van der Waals surface area contributed by atoms with E-state index in [1.165, 1.54) is 0 Å². The molecule has 3 nitrogen and oxygen atoms in total. The minimum Gasteiger partial charge on any atom is -0.481 e. The number of carboxylic acids is 1. The van der Waals surface area contributed by atoms with Gasteiger partial charge in [0.1, 0.15) is 0 Å². The third kappa shape index (κ3) is 2.65. The van der Waals surface area contributed by atoms with Gasteiger partial charge < -0.3 is 10.1 Å². The maximum Gasteiger partial charge on any atom is 0.307 e. The summed E-state index contributed by atoms with van der Waals surface area (Å²) in [7, 11) is 0. The molecule has 3 rings (SSSR count). The van der Waals surface area contributed by atoms with Crippen molar-refractivity contribution >= 4 is 28.5 Å². The second-order valence-corrected chi connectivity index (χ2v) is 5.54. The number of benzene rings is 2. The lowest BCUT2D eigenvalue weighted by Gasteiger charge is -2.03. The third-order valence-electron chi connectivity index (χ3n) is 3.52. The Morgan fingerprint density at radius 3 is 2.57 bits per heavy atom. The number of carbonyl (C=O) groups is 1. The molecule has 2 aromatic carbocycles. The highest BCUT2D eigenvalue weighted by molar-refractivity contribution is 6.30. The molecule has 1 heterocycles. The van der Waals surface area contributed by atoms with Crippen molar-refractivity contribution in [2.75, 3.05) is 0 Å². The van der Waals surface area contributed by atoms with Crippen LogP contribution in [0.5, 0.6) is 0 Å². The molecule has 0 saturated heterocycles. The maximum atomic E-state index is 11.2. The number of aryl methyl sites for hydroxylation is 1. The summed E-state index contributed by atoms with van der Waals surface area (Å²) in [6.07, 6.45) is -0.0125. The lowest BCUT2D eigenvalue weighted by atomic mass is 10.0. The van der Waals surface area contributed by atoms with Gasteiger partial charge >= 0.3 is 5.97 Å². The van der Waals surface area contributed by atoms with Crippen molar-refractivity contribution in [1.29, 1.82) is 0 Å². The van der Waals surface area contributed by atoms with Crippen molar-refractivity contribution in [3.8, 4) is 11.3 Å². The number of rotatable bonds is 3. The molecule has 106 valence electrons. The quantitative estimate of drug-likeness (QED) is 0.752. The van der Waals surface area contributed by atoms with Gasteiger partial charge in [0, 0.05) is 15.9 Å². The number of hydrogen-bond donors (Lipinski definition) is 2.